The second-order valence-corrected chi connectivity index (χ2v) is 8.17. The summed E-state index contributed by atoms with van der Waals surface area (Å²) in [6.45, 7) is 9.72. The second kappa shape index (κ2) is 7.84. The van der Waals surface area contributed by atoms with Gasteiger partial charge in [0.25, 0.3) is 0 Å². The third-order valence-electron chi connectivity index (χ3n) is 5.30. The average molecular weight is 488 g/mol. The van der Waals surface area contributed by atoms with E-state index in [4.69, 9.17) is 0 Å². The van der Waals surface area contributed by atoms with Gasteiger partial charge >= 0.3 is 0 Å². The van der Waals surface area contributed by atoms with E-state index in [2.05, 4.69) is 92.8 Å². The van der Waals surface area contributed by atoms with Crippen LogP contribution in [0.25, 0.3) is 17.0 Å². The number of hydrogen-bond acceptors (Lipinski definition) is 2. The van der Waals surface area contributed by atoms with Gasteiger partial charge < -0.3 is 28.9 Å². The third-order valence-corrected chi connectivity index (χ3v) is 6.41. The molecule has 0 radical (unpaired) electrons. The summed E-state index contributed by atoms with van der Waals surface area (Å²) in [5.41, 5.74) is 7.84. The summed E-state index contributed by atoms with van der Waals surface area (Å²) in [7, 11) is 2.16. The molecule has 0 N–H and O–H groups in total. The maximum atomic E-state index is 2.41. The van der Waals surface area contributed by atoms with Crippen molar-refractivity contribution >= 4 is 34.4 Å². The van der Waals surface area contributed by atoms with E-state index in [9.17, 15) is 0 Å². The van der Waals surface area contributed by atoms with Gasteiger partial charge in [-0.25, -0.2) is 0 Å². The number of pyridine rings is 1. The quantitative estimate of drug-likeness (QED) is 0.405. The molecule has 0 saturated heterocycles. The SMILES string of the molecule is CCN1/C(=C/c2ccc3cc(C)c(C)cc3[n+]2C)Sc2ccc(C)cc21.[I-]. The first kappa shape index (κ1) is 20.2. The van der Waals surface area contributed by atoms with Crippen molar-refractivity contribution in [3.05, 3.63) is 69.9 Å². The van der Waals surface area contributed by atoms with Crippen LogP contribution in [-0.2, 0) is 7.05 Å². The smallest absolute Gasteiger partial charge is 0.213 e. The van der Waals surface area contributed by atoms with Gasteiger partial charge in [0.15, 0.2) is 0 Å². The predicted octanol–water partition coefficient (Wildman–Crippen LogP) is 2.52. The summed E-state index contributed by atoms with van der Waals surface area (Å²) in [6.07, 6.45) is 2.32. The minimum absolute atomic E-state index is 0. The van der Waals surface area contributed by atoms with E-state index in [1.165, 1.54) is 48.9 Å². The minimum Gasteiger partial charge on any atom is -1.00 e. The average Bonchev–Trinajstić information content (AvgIpc) is 2.95. The standard InChI is InChI=1S/C23H25N2S.HI/c1-6-25-21-11-15(2)7-10-22(21)26-23(25)14-19-9-8-18-12-16(3)17(4)13-20(18)24(19)5;/h7-14H,6H2,1-5H3;1H/q+1;/p-1. The van der Waals surface area contributed by atoms with E-state index in [1.807, 2.05) is 11.8 Å². The van der Waals surface area contributed by atoms with E-state index in [0.717, 1.165) is 6.54 Å². The minimum atomic E-state index is 0. The second-order valence-electron chi connectivity index (χ2n) is 7.11. The van der Waals surface area contributed by atoms with Crippen LogP contribution in [0, 0.1) is 20.8 Å². The largest absolute Gasteiger partial charge is 1.00 e. The number of nitrogens with zero attached hydrogens (tertiary/aromatic N) is 2. The molecule has 0 aliphatic carbocycles. The molecule has 1 aliphatic heterocycles. The first-order chi connectivity index (χ1) is 12.5. The molecule has 1 aliphatic rings. The predicted molar refractivity (Wildman–Crippen MR) is 113 cm³/mol. The van der Waals surface area contributed by atoms with Crippen LogP contribution >= 0.6 is 11.8 Å². The fourth-order valence-corrected chi connectivity index (χ4v) is 4.74. The van der Waals surface area contributed by atoms with Crippen LogP contribution in [0.3, 0.4) is 0 Å². The topological polar surface area (TPSA) is 7.12 Å². The van der Waals surface area contributed by atoms with Crippen molar-refractivity contribution < 1.29 is 28.5 Å². The van der Waals surface area contributed by atoms with Crippen LogP contribution in [0.5, 0.6) is 0 Å². The van der Waals surface area contributed by atoms with Crippen LogP contribution in [-0.4, -0.2) is 6.54 Å². The van der Waals surface area contributed by atoms with Crippen molar-refractivity contribution in [1.29, 1.82) is 0 Å². The molecule has 0 bridgehead atoms. The molecule has 140 valence electrons. The van der Waals surface area contributed by atoms with Gasteiger partial charge in [0.1, 0.15) is 7.05 Å². The lowest BCUT2D eigenvalue weighted by Gasteiger charge is -2.18. The van der Waals surface area contributed by atoms with E-state index < -0.39 is 0 Å². The maximum Gasteiger partial charge on any atom is 0.213 e. The van der Waals surface area contributed by atoms with Crippen LogP contribution in [0.1, 0.15) is 29.3 Å². The van der Waals surface area contributed by atoms with Gasteiger partial charge in [-0.3, -0.25) is 0 Å². The van der Waals surface area contributed by atoms with Gasteiger partial charge in [0, 0.05) is 35.0 Å². The molecule has 1 aromatic heterocycles. The van der Waals surface area contributed by atoms with Crippen molar-refractivity contribution in [3.63, 3.8) is 0 Å². The van der Waals surface area contributed by atoms with Gasteiger partial charge in [-0.1, -0.05) is 17.8 Å². The van der Waals surface area contributed by atoms with E-state index >= 15 is 0 Å². The summed E-state index contributed by atoms with van der Waals surface area (Å²) in [5.74, 6) is 0. The van der Waals surface area contributed by atoms with E-state index in [0.29, 0.717) is 0 Å². The highest BCUT2D eigenvalue weighted by molar-refractivity contribution is 8.03. The lowest BCUT2D eigenvalue weighted by molar-refractivity contribution is -0.646. The molecule has 0 saturated carbocycles. The van der Waals surface area contributed by atoms with Crippen molar-refractivity contribution in [3.8, 4) is 0 Å². The Hall–Kier alpha value is -1.53. The Labute approximate surface area is 183 Å². The van der Waals surface area contributed by atoms with E-state index in [1.54, 1.807) is 0 Å². The molecule has 0 amide bonds. The van der Waals surface area contributed by atoms with Crippen molar-refractivity contribution in [2.24, 2.45) is 7.05 Å². The Balaban J connectivity index is 0.00000210. The molecule has 0 fully saturated rings. The number of aryl methyl sites for hydroxylation is 4. The molecule has 3 aromatic rings. The molecular formula is C23H25IN2S. The Morgan fingerprint density at radius 3 is 2.48 bits per heavy atom. The number of anilines is 1. The summed E-state index contributed by atoms with van der Waals surface area (Å²) in [5, 5.41) is 2.59. The zero-order chi connectivity index (χ0) is 18.4. The summed E-state index contributed by atoms with van der Waals surface area (Å²) < 4.78 is 2.30. The highest BCUT2D eigenvalue weighted by atomic mass is 127. The van der Waals surface area contributed by atoms with Gasteiger partial charge in [-0.2, -0.15) is 4.57 Å². The Bertz CT molecular complexity index is 1060. The number of rotatable bonds is 2. The molecule has 4 rings (SSSR count). The molecule has 4 heteroatoms. The number of fused-ring (bicyclic) bond motifs is 2. The fraction of sp³-hybridized carbons (Fsp3) is 0.261. The summed E-state index contributed by atoms with van der Waals surface area (Å²) >= 11 is 1.87. The highest BCUT2D eigenvalue weighted by Gasteiger charge is 2.25. The highest BCUT2D eigenvalue weighted by Crippen LogP contribution is 2.46. The van der Waals surface area contributed by atoms with Crippen molar-refractivity contribution in [2.45, 2.75) is 32.6 Å². The number of benzene rings is 2. The zero-order valence-electron chi connectivity index (χ0n) is 16.5. The van der Waals surface area contributed by atoms with Gasteiger partial charge in [-0.05, 0) is 68.7 Å². The van der Waals surface area contributed by atoms with Crippen LogP contribution < -0.4 is 33.4 Å². The van der Waals surface area contributed by atoms with Crippen LogP contribution in [0.15, 0.2) is 52.4 Å². The molecular weight excluding hydrogens is 463 g/mol. The zero-order valence-corrected chi connectivity index (χ0v) is 19.5. The Morgan fingerprint density at radius 1 is 1.00 bits per heavy atom. The third kappa shape index (κ3) is 3.61. The fourth-order valence-electron chi connectivity index (χ4n) is 3.59. The molecule has 2 heterocycles. The molecule has 2 nitrogen and oxygen atoms in total. The molecule has 0 atom stereocenters. The molecule has 0 spiro atoms. The molecule has 27 heavy (non-hydrogen) atoms. The van der Waals surface area contributed by atoms with E-state index in [-0.39, 0.29) is 24.0 Å². The lowest BCUT2D eigenvalue weighted by Crippen LogP contribution is -3.00. The Kier molecular flexibility index (Phi) is 5.87. The first-order valence-electron chi connectivity index (χ1n) is 9.15. The van der Waals surface area contributed by atoms with Gasteiger partial charge in [0.2, 0.25) is 11.2 Å². The summed E-state index contributed by atoms with van der Waals surface area (Å²) in [6, 6.07) is 15.8. The number of thioether (sulfide) groups is 1. The van der Waals surface area contributed by atoms with Gasteiger partial charge in [-0.15, -0.1) is 0 Å². The molecule has 0 unspecified atom stereocenters. The monoisotopic (exact) mass is 488 g/mol. The van der Waals surface area contributed by atoms with Crippen LogP contribution in [0.4, 0.5) is 5.69 Å². The normalized spacial score (nSPS) is 14.6. The van der Waals surface area contributed by atoms with Crippen molar-refractivity contribution in [1.82, 2.24) is 0 Å². The van der Waals surface area contributed by atoms with Crippen molar-refractivity contribution in [2.75, 3.05) is 11.4 Å². The lowest BCUT2D eigenvalue weighted by atomic mass is 10.1. The summed E-state index contributed by atoms with van der Waals surface area (Å²) in [4.78, 5) is 3.76. The maximum absolute atomic E-state index is 2.41. The number of aromatic nitrogens is 1. The first-order valence-corrected chi connectivity index (χ1v) is 9.97. The molecule has 2 aromatic carbocycles. The van der Waals surface area contributed by atoms with Gasteiger partial charge in [0.05, 0.1) is 10.7 Å². The number of halogens is 1. The Morgan fingerprint density at radius 2 is 1.74 bits per heavy atom. The number of hydrogen-bond donors (Lipinski definition) is 0. The van der Waals surface area contributed by atoms with Crippen LogP contribution in [0.2, 0.25) is 0 Å².